The van der Waals surface area contributed by atoms with E-state index in [-0.39, 0.29) is 5.91 Å². The van der Waals surface area contributed by atoms with E-state index in [1.54, 1.807) is 31.0 Å². The van der Waals surface area contributed by atoms with Gasteiger partial charge in [0.2, 0.25) is 5.91 Å². The summed E-state index contributed by atoms with van der Waals surface area (Å²) < 4.78 is 15.5. The van der Waals surface area contributed by atoms with Crippen LogP contribution in [0.15, 0.2) is 41.3 Å². The Balaban J connectivity index is 1.90. The predicted octanol–water partition coefficient (Wildman–Crippen LogP) is 4.49. The van der Waals surface area contributed by atoms with E-state index < -0.39 is 0 Å². The van der Waals surface area contributed by atoms with Gasteiger partial charge in [0.05, 0.1) is 32.0 Å². The summed E-state index contributed by atoms with van der Waals surface area (Å²) in [6, 6.07) is 11.0. The van der Waals surface area contributed by atoms with Crippen molar-refractivity contribution in [2.75, 3.05) is 32.4 Å². The third-order valence-electron chi connectivity index (χ3n) is 3.41. The third kappa shape index (κ3) is 5.47. The molecular weight excluding hydrogens is 362 g/mol. The molecule has 2 aromatic rings. The van der Waals surface area contributed by atoms with E-state index in [4.69, 9.17) is 25.8 Å². The van der Waals surface area contributed by atoms with Gasteiger partial charge in [0.15, 0.2) is 0 Å². The van der Waals surface area contributed by atoms with E-state index in [2.05, 4.69) is 5.32 Å². The lowest BCUT2D eigenvalue weighted by molar-refractivity contribution is -0.115. The Morgan fingerprint density at radius 2 is 1.72 bits per heavy atom. The van der Waals surface area contributed by atoms with Gasteiger partial charge in [-0.2, -0.15) is 0 Å². The minimum absolute atomic E-state index is 0.111. The minimum atomic E-state index is -0.111. The van der Waals surface area contributed by atoms with E-state index in [0.29, 0.717) is 34.4 Å². The maximum absolute atomic E-state index is 12.2. The number of carbonyl (C=O) groups is 1. The molecular formula is C18H20ClNO4S. The molecule has 0 unspecified atom stereocenters. The lowest BCUT2D eigenvalue weighted by Crippen LogP contribution is -2.13. The maximum atomic E-state index is 12.2. The first-order chi connectivity index (χ1) is 12.1. The molecule has 0 fully saturated rings. The zero-order valence-corrected chi connectivity index (χ0v) is 15.9. The van der Waals surface area contributed by atoms with Crippen molar-refractivity contribution in [2.24, 2.45) is 0 Å². The Morgan fingerprint density at radius 1 is 1.04 bits per heavy atom. The summed E-state index contributed by atoms with van der Waals surface area (Å²) in [5.41, 5.74) is 0.521. The number of ether oxygens (including phenoxy) is 3. The highest BCUT2D eigenvalue weighted by molar-refractivity contribution is 7.99. The minimum Gasteiger partial charge on any atom is -0.497 e. The van der Waals surface area contributed by atoms with E-state index in [0.717, 1.165) is 10.6 Å². The van der Waals surface area contributed by atoms with Crippen LogP contribution in [0.25, 0.3) is 0 Å². The molecule has 0 aliphatic rings. The van der Waals surface area contributed by atoms with Gasteiger partial charge in [0.25, 0.3) is 0 Å². The third-order valence-corrected chi connectivity index (χ3v) is 4.71. The molecule has 0 atom stereocenters. The monoisotopic (exact) mass is 381 g/mol. The number of methoxy groups -OCH3 is 3. The fraction of sp³-hybridized carbons (Fsp3) is 0.278. The number of amides is 1. The van der Waals surface area contributed by atoms with Crippen LogP contribution in [-0.4, -0.2) is 33.0 Å². The van der Waals surface area contributed by atoms with Crippen molar-refractivity contribution >= 4 is 35.0 Å². The predicted molar refractivity (Wildman–Crippen MR) is 102 cm³/mol. The maximum Gasteiger partial charge on any atom is 0.225 e. The summed E-state index contributed by atoms with van der Waals surface area (Å²) in [5, 5.41) is 3.23. The van der Waals surface area contributed by atoms with Gasteiger partial charge in [-0.25, -0.2) is 0 Å². The largest absolute Gasteiger partial charge is 0.497 e. The molecule has 0 saturated carbocycles. The first-order valence-electron chi connectivity index (χ1n) is 7.55. The zero-order chi connectivity index (χ0) is 18.2. The van der Waals surface area contributed by atoms with Crippen molar-refractivity contribution in [2.45, 2.75) is 11.3 Å². The second kappa shape index (κ2) is 9.44. The fourth-order valence-electron chi connectivity index (χ4n) is 2.10. The van der Waals surface area contributed by atoms with Crippen LogP contribution in [0.3, 0.4) is 0 Å². The van der Waals surface area contributed by atoms with Gasteiger partial charge in [-0.15, -0.1) is 11.8 Å². The Bertz CT molecular complexity index is 722. The van der Waals surface area contributed by atoms with Crippen LogP contribution in [0.2, 0.25) is 5.02 Å². The number of thioether (sulfide) groups is 1. The summed E-state index contributed by atoms with van der Waals surface area (Å²) in [4.78, 5) is 13.2. The number of benzene rings is 2. The van der Waals surface area contributed by atoms with Crippen LogP contribution < -0.4 is 19.5 Å². The molecule has 0 radical (unpaired) electrons. The number of hydrogen-bond acceptors (Lipinski definition) is 5. The van der Waals surface area contributed by atoms with Crippen LogP contribution in [0.1, 0.15) is 6.42 Å². The van der Waals surface area contributed by atoms with Crippen LogP contribution >= 0.6 is 23.4 Å². The number of rotatable bonds is 8. The summed E-state index contributed by atoms with van der Waals surface area (Å²) >= 11 is 7.71. The topological polar surface area (TPSA) is 56.8 Å². The molecule has 134 valence electrons. The quantitative estimate of drug-likeness (QED) is 0.683. The van der Waals surface area contributed by atoms with E-state index in [1.807, 2.05) is 24.3 Å². The van der Waals surface area contributed by atoms with E-state index in [1.165, 1.54) is 14.2 Å². The Hall–Kier alpha value is -2.05. The standard InChI is InChI=1S/C18H20ClNO4S/c1-22-12-4-6-13(7-5-12)25-9-8-18(21)20-15-10-14(19)16(23-2)11-17(15)24-3/h4-7,10-11H,8-9H2,1-3H3,(H,20,21). The van der Waals surface area contributed by atoms with Crippen molar-refractivity contribution in [1.29, 1.82) is 0 Å². The smallest absolute Gasteiger partial charge is 0.225 e. The van der Waals surface area contributed by atoms with Crippen LogP contribution in [0.5, 0.6) is 17.2 Å². The first kappa shape index (κ1) is 19.3. The van der Waals surface area contributed by atoms with E-state index >= 15 is 0 Å². The number of hydrogen-bond donors (Lipinski definition) is 1. The highest BCUT2D eigenvalue weighted by atomic mass is 35.5. The Labute approximate surface area is 156 Å². The number of anilines is 1. The molecule has 2 rings (SSSR count). The average Bonchev–Trinajstić information content (AvgIpc) is 2.62. The summed E-state index contributed by atoms with van der Waals surface area (Å²) in [6.07, 6.45) is 0.365. The molecule has 1 amide bonds. The number of nitrogens with one attached hydrogen (secondary N) is 1. The molecule has 1 N–H and O–H groups in total. The van der Waals surface area contributed by atoms with Crippen molar-refractivity contribution in [1.82, 2.24) is 0 Å². The zero-order valence-electron chi connectivity index (χ0n) is 14.3. The molecule has 0 aliphatic carbocycles. The summed E-state index contributed by atoms with van der Waals surface area (Å²) in [6.45, 7) is 0. The Morgan fingerprint density at radius 3 is 2.32 bits per heavy atom. The van der Waals surface area contributed by atoms with E-state index in [9.17, 15) is 4.79 Å². The summed E-state index contributed by atoms with van der Waals surface area (Å²) in [5.74, 6) is 2.35. The van der Waals surface area contributed by atoms with Crippen LogP contribution in [0, 0.1) is 0 Å². The normalized spacial score (nSPS) is 10.2. The van der Waals surface area contributed by atoms with Gasteiger partial charge < -0.3 is 19.5 Å². The molecule has 0 spiro atoms. The Kier molecular flexibility index (Phi) is 7.28. The van der Waals surface area contributed by atoms with Gasteiger partial charge in [-0.05, 0) is 30.3 Å². The lowest BCUT2D eigenvalue weighted by atomic mass is 10.2. The molecule has 5 nitrogen and oxygen atoms in total. The molecule has 0 heterocycles. The average molecular weight is 382 g/mol. The van der Waals surface area contributed by atoms with Crippen molar-refractivity contribution in [3.8, 4) is 17.2 Å². The summed E-state index contributed by atoms with van der Waals surface area (Å²) in [7, 11) is 4.68. The molecule has 0 aliphatic heterocycles. The second-order valence-corrected chi connectivity index (χ2v) is 6.58. The molecule has 0 saturated heterocycles. The molecule has 2 aromatic carbocycles. The highest BCUT2D eigenvalue weighted by Gasteiger charge is 2.12. The SMILES string of the molecule is COc1ccc(SCCC(=O)Nc2cc(Cl)c(OC)cc2OC)cc1. The van der Waals surface area contributed by atoms with Gasteiger partial charge >= 0.3 is 0 Å². The van der Waals surface area contributed by atoms with Gasteiger partial charge in [0, 0.05) is 23.1 Å². The fourth-order valence-corrected chi connectivity index (χ4v) is 3.20. The number of carbonyl (C=O) groups excluding carboxylic acids is 1. The van der Waals surface area contributed by atoms with Gasteiger partial charge in [-0.1, -0.05) is 11.6 Å². The van der Waals surface area contributed by atoms with Crippen LogP contribution in [0.4, 0.5) is 5.69 Å². The van der Waals surface area contributed by atoms with Crippen LogP contribution in [-0.2, 0) is 4.79 Å². The van der Waals surface area contributed by atoms with Gasteiger partial charge in [0.1, 0.15) is 17.2 Å². The first-order valence-corrected chi connectivity index (χ1v) is 8.92. The van der Waals surface area contributed by atoms with Crippen molar-refractivity contribution in [3.63, 3.8) is 0 Å². The molecule has 0 bridgehead atoms. The molecule has 0 aromatic heterocycles. The van der Waals surface area contributed by atoms with Crippen molar-refractivity contribution in [3.05, 3.63) is 41.4 Å². The molecule has 7 heteroatoms. The van der Waals surface area contributed by atoms with Crippen molar-refractivity contribution < 1.29 is 19.0 Å². The van der Waals surface area contributed by atoms with Gasteiger partial charge in [-0.3, -0.25) is 4.79 Å². The second-order valence-electron chi connectivity index (χ2n) is 5.01. The highest BCUT2D eigenvalue weighted by Crippen LogP contribution is 2.36. The lowest BCUT2D eigenvalue weighted by Gasteiger charge is -2.13. The molecule has 25 heavy (non-hydrogen) atoms. The number of halogens is 1.